The average Bonchev–Trinajstić information content (AvgIpc) is 2.28. The second-order valence-corrected chi connectivity index (χ2v) is 4.14. The lowest BCUT2D eigenvalue weighted by Crippen LogP contribution is -2.36. The second kappa shape index (κ2) is 7.98. The first-order valence-corrected chi connectivity index (χ1v) is 6.23. The maximum atomic E-state index is 11.9. The molecule has 0 aliphatic carbocycles. The molecule has 0 spiro atoms. The van der Waals surface area contributed by atoms with E-state index in [-0.39, 0.29) is 18.9 Å². The van der Waals surface area contributed by atoms with Crippen LogP contribution in [0.4, 0.5) is 0 Å². The van der Waals surface area contributed by atoms with Crippen LogP contribution in [-0.2, 0) is 19.1 Å². The number of esters is 1. The van der Waals surface area contributed by atoms with Gasteiger partial charge in [0.1, 0.15) is 5.92 Å². The van der Waals surface area contributed by atoms with E-state index in [4.69, 9.17) is 4.74 Å². The minimum absolute atomic E-state index is 0.133. The Morgan fingerprint density at radius 1 is 1.12 bits per heavy atom. The maximum absolute atomic E-state index is 11.9. The molecule has 0 aliphatic rings. The fraction of sp³-hybridized carbons (Fsp3) is 0.769. The lowest BCUT2D eigenvalue weighted by Gasteiger charge is -2.19. The number of carbonyl (C=O) groups is 3. The van der Waals surface area contributed by atoms with Crippen LogP contribution in [0.25, 0.3) is 0 Å². The average molecular weight is 242 g/mol. The molecule has 0 amide bonds. The molecule has 98 valence electrons. The van der Waals surface area contributed by atoms with Gasteiger partial charge < -0.3 is 4.74 Å². The molecular formula is C13H22O4. The maximum Gasteiger partial charge on any atom is 0.317 e. The second-order valence-electron chi connectivity index (χ2n) is 4.14. The Bertz CT molecular complexity index is 283. The Morgan fingerprint density at radius 2 is 1.71 bits per heavy atom. The Labute approximate surface area is 103 Å². The molecule has 0 aromatic heterocycles. The lowest BCUT2D eigenvalue weighted by atomic mass is 9.85. The highest BCUT2D eigenvalue weighted by atomic mass is 16.5. The Morgan fingerprint density at radius 3 is 2.12 bits per heavy atom. The van der Waals surface area contributed by atoms with E-state index in [9.17, 15) is 14.4 Å². The van der Waals surface area contributed by atoms with Gasteiger partial charge in [0.25, 0.3) is 0 Å². The summed E-state index contributed by atoms with van der Waals surface area (Å²) in [5.74, 6) is -2.75. The van der Waals surface area contributed by atoms with E-state index in [1.807, 2.05) is 13.8 Å². The van der Waals surface area contributed by atoms with E-state index in [0.717, 1.165) is 12.8 Å². The summed E-state index contributed by atoms with van der Waals surface area (Å²) in [4.78, 5) is 35.0. The topological polar surface area (TPSA) is 60.4 Å². The fourth-order valence-corrected chi connectivity index (χ4v) is 1.80. The van der Waals surface area contributed by atoms with Crippen molar-refractivity contribution in [2.45, 2.75) is 47.0 Å². The van der Waals surface area contributed by atoms with Crippen molar-refractivity contribution in [3.05, 3.63) is 0 Å². The Balaban J connectivity index is 4.89. The van der Waals surface area contributed by atoms with Gasteiger partial charge in [0.05, 0.1) is 6.61 Å². The molecular weight excluding hydrogens is 220 g/mol. The smallest absolute Gasteiger partial charge is 0.317 e. The molecule has 17 heavy (non-hydrogen) atoms. The summed E-state index contributed by atoms with van der Waals surface area (Å²) in [5.41, 5.74) is 0. The van der Waals surface area contributed by atoms with Crippen LogP contribution in [0, 0.1) is 11.8 Å². The van der Waals surface area contributed by atoms with Crippen molar-refractivity contribution in [2.24, 2.45) is 11.8 Å². The van der Waals surface area contributed by atoms with Crippen LogP contribution in [0.5, 0.6) is 0 Å². The molecule has 0 heterocycles. The van der Waals surface area contributed by atoms with Gasteiger partial charge in [-0.25, -0.2) is 0 Å². The van der Waals surface area contributed by atoms with Gasteiger partial charge in [0.2, 0.25) is 5.78 Å². The first kappa shape index (κ1) is 15.8. The fourth-order valence-electron chi connectivity index (χ4n) is 1.80. The molecule has 2 atom stereocenters. The van der Waals surface area contributed by atoms with Gasteiger partial charge >= 0.3 is 5.97 Å². The first-order chi connectivity index (χ1) is 7.99. The van der Waals surface area contributed by atoms with Crippen LogP contribution in [0.2, 0.25) is 0 Å². The van der Waals surface area contributed by atoms with Crippen LogP contribution in [0.15, 0.2) is 0 Å². The molecule has 0 fully saturated rings. The SMILES string of the molecule is CCC[C@H](C)C(C(=O)OCC)C(=O)C(=O)CC. The van der Waals surface area contributed by atoms with Crippen LogP contribution >= 0.6 is 0 Å². The molecule has 1 unspecified atom stereocenters. The molecule has 4 nitrogen and oxygen atoms in total. The summed E-state index contributed by atoms with van der Waals surface area (Å²) < 4.78 is 4.88. The minimum Gasteiger partial charge on any atom is -0.465 e. The van der Waals surface area contributed by atoms with E-state index in [1.165, 1.54) is 0 Å². The van der Waals surface area contributed by atoms with E-state index in [1.54, 1.807) is 13.8 Å². The van der Waals surface area contributed by atoms with Crippen molar-refractivity contribution in [2.75, 3.05) is 6.61 Å². The largest absolute Gasteiger partial charge is 0.465 e. The Kier molecular flexibility index (Phi) is 7.42. The predicted octanol–water partition coefficient (Wildman–Crippen LogP) is 2.15. The van der Waals surface area contributed by atoms with Crippen molar-refractivity contribution < 1.29 is 19.1 Å². The van der Waals surface area contributed by atoms with Gasteiger partial charge in [0, 0.05) is 6.42 Å². The summed E-state index contributed by atoms with van der Waals surface area (Å²) in [5, 5.41) is 0. The summed E-state index contributed by atoms with van der Waals surface area (Å²) in [6, 6.07) is 0. The summed E-state index contributed by atoms with van der Waals surface area (Å²) in [6.45, 7) is 7.32. The standard InChI is InChI=1S/C13H22O4/c1-5-8-9(4)11(13(16)17-7-3)12(15)10(14)6-2/h9,11H,5-8H2,1-4H3/t9-,11?/m0/s1. The number of rotatable bonds is 8. The highest BCUT2D eigenvalue weighted by Crippen LogP contribution is 2.21. The number of Topliss-reactive ketones (excluding diaryl/α,β-unsaturated/α-hetero) is 2. The number of ketones is 2. The molecule has 0 aromatic rings. The zero-order valence-corrected chi connectivity index (χ0v) is 11.1. The van der Waals surface area contributed by atoms with Crippen molar-refractivity contribution in [1.82, 2.24) is 0 Å². The predicted molar refractivity (Wildman–Crippen MR) is 64.5 cm³/mol. The summed E-state index contributed by atoms with van der Waals surface area (Å²) in [7, 11) is 0. The first-order valence-electron chi connectivity index (χ1n) is 6.23. The van der Waals surface area contributed by atoms with Crippen molar-refractivity contribution >= 4 is 17.5 Å². The van der Waals surface area contributed by atoms with Crippen molar-refractivity contribution in [3.8, 4) is 0 Å². The summed E-state index contributed by atoms with van der Waals surface area (Å²) >= 11 is 0. The van der Waals surface area contributed by atoms with Crippen LogP contribution in [0.3, 0.4) is 0 Å². The highest BCUT2D eigenvalue weighted by molar-refractivity contribution is 6.41. The van der Waals surface area contributed by atoms with E-state index in [2.05, 4.69) is 0 Å². The Hall–Kier alpha value is -1.19. The number of carbonyl (C=O) groups excluding carboxylic acids is 3. The monoisotopic (exact) mass is 242 g/mol. The molecule has 0 N–H and O–H groups in total. The molecule has 0 aromatic carbocycles. The van der Waals surface area contributed by atoms with Gasteiger partial charge in [-0.05, 0) is 19.3 Å². The van der Waals surface area contributed by atoms with Crippen molar-refractivity contribution in [3.63, 3.8) is 0 Å². The quantitative estimate of drug-likeness (QED) is 0.372. The van der Waals surface area contributed by atoms with Gasteiger partial charge in [-0.3, -0.25) is 14.4 Å². The van der Waals surface area contributed by atoms with Crippen LogP contribution in [0.1, 0.15) is 47.0 Å². The molecule has 0 saturated heterocycles. The van der Waals surface area contributed by atoms with Gasteiger partial charge in [-0.15, -0.1) is 0 Å². The number of ether oxygens (including phenoxy) is 1. The van der Waals surface area contributed by atoms with Gasteiger partial charge in [-0.1, -0.05) is 27.2 Å². The lowest BCUT2D eigenvalue weighted by molar-refractivity contribution is -0.156. The number of hydrogen-bond donors (Lipinski definition) is 0. The zero-order chi connectivity index (χ0) is 13.4. The third kappa shape index (κ3) is 4.67. The molecule has 0 radical (unpaired) electrons. The van der Waals surface area contributed by atoms with Crippen molar-refractivity contribution in [1.29, 1.82) is 0 Å². The molecule has 0 rings (SSSR count). The van der Waals surface area contributed by atoms with Crippen LogP contribution < -0.4 is 0 Å². The molecule has 0 aliphatic heterocycles. The van der Waals surface area contributed by atoms with Crippen LogP contribution in [-0.4, -0.2) is 24.1 Å². The van der Waals surface area contributed by atoms with E-state index < -0.39 is 23.5 Å². The zero-order valence-electron chi connectivity index (χ0n) is 11.1. The van der Waals surface area contributed by atoms with Gasteiger partial charge in [-0.2, -0.15) is 0 Å². The molecule has 0 saturated carbocycles. The third-order valence-corrected chi connectivity index (χ3v) is 2.73. The molecule has 0 bridgehead atoms. The number of hydrogen-bond acceptors (Lipinski definition) is 4. The summed E-state index contributed by atoms with van der Waals surface area (Å²) in [6.07, 6.45) is 1.73. The molecule has 4 heteroatoms. The highest BCUT2D eigenvalue weighted by Gasteiger charge is 2.35. The minimum atomic E-state index is -0.928. The van der Waals surface area contributed by atoms with Gasteiger partial charge in [0.15, 0.2) is 5.78 Å². The third-order valence-electron chi connectivity index (χ3n) is 2.73. The van der Waals surface area contributed by atoms with E-state index >= 15 is 0 Å². The van der Waals surface area contributed by atoms with E-state index in [0.29, 0.717) is 0 Å². The normalized spacial score (nSPS) is 13.9.